The number of hydrogen-bond acceptors (Lipinski definition) is 4. The lowest BCUT2D eigenvalue weighted by molar-refractivity contribution is 0.0419. The quantitative estimate of drug-likeness (QED) is 0.315. The molecule has 0 aromatic heterocycles. The Balaban J connectivity index is 1.54. The number of benzene rings is 2. The second-order valence-electron chi connectivity index (χ2n) is 6.40. The Hall–Kier alpha value is -0.880. The molecule has 2 aromatic carbocycles. The van der Waals surface area contributed by atoms with E-state index in [1.54, 1.807) is 0 Å². The number of esters is 2. The molecule has 1 fully saturated rings. The summed E-state index contributed by atoms with van der Waals surface area (Å²) in [5.41, 5.74) is 0.414. The van der Waals surface area contributed by atoms with Crippen LogP contribution in [0.2, 0.25) is 20.1 Å². The summed E-state index contributed by atoms with van der Waals surface area (Å²) in [7, 11) is 0. The van der Waals surface area contributed by atoms with Crippen molar-refractivity contribution in [3.8, 4) is 0 Å². The summed E-state index contributed by atoms with van der Waals surface area (Å²) in [4.78, 5) is 24.4. The Morgan fingerprint density at radius 1 is 0.690 bits per heavy atom. The SMILES string of the molecule is O=C(OC[C@H]1[C@H](COC(=O)c2cc(Cl)cc(Cl)c2)C1(Cl)Cl)c1cc(Cl)cc(Cl)c1. The number of ether oxygens (including phenoxy) is 2. The standard InChI is InChI=1S/C19H12Cl6O4/c20-11-1-9(2-12(21)5-11)17(26)28-7-15-16(19(15,24)25)8-29-18(27)10-3-13(22)6-14(23)4-10/h1-6,15-16H,7-8H2/t15-,16-/m0/s1. The van der Waals surface area contributed by atoms with Gasteiger partial charge in [-0.25, -0.2) is 9.59 Å². The van der Waals surface area contributed by atoms with Gasteiger partial charge in [0.05, 0.1) is 24.3 Å². The highest BCUT2D eigenvalue weighted by Gasteiger charge is 2.64. The minimum absolute atomic E-state index is 0.0544. The van der Waals surface area contributed by atoms with E-state index in [1.807, 2.05) is 0 Å². The molecule has 1 aliphatic rings. The zero-order valence-electron chi connectivity index (χ0n) is 14.4. The van der Waals surface area contributed by atoms with E-state index in [0.717, 1.165) is 0 Å². The van der Waals surface area contributed by atoms with Gasteiger partial charge in [-0.05, 0) is 36.4 Å². The van der Waals surface area contributed by atoms with Gasteiger partial charge in [-0.15, -0.1) is 23.2 Å². The molecule has 10 heteroatoms. The van der Waals surface area contributed by atoms with Crippen molar-refractivity contribution in [1.82, 2.24) is 0 Å². The molecule has 0 saturated heterocycles. The highest BCUT2D eigenvalue weighted by atomic mass is 35.5. The monoisotopic (exact) mass is 514 g/mol. The van der Waals surface area contributed by atoms with Gasteiger partial charge >= 0.3 is 11.9 Å². The number of carbonyl (C=O) groups is 2. The molecule has 3 rings (SSSR count). The van der Waals surface area contributed by atoms with Crippen LogP contribution in [0.1, 0.15) is 20.7 Å². The van der Waals surface area contributed by atoms with Crippen molar-refractivity contribution >= 4 is 81.5 Å². The molecular formula is C19H12Cl6O4. The van der Waals surface area contributed by atoms with Crippen LogP contribution in [0, 0.1) is 11.8 Å². The van der Waals surface area contributed by atoms with E-state index >= 15 is 0 Å². The van der Waals surface area contributed by atoms with Crippen molar-refractivity contribution in [3.63, 3.8) is 0 Å². The lowest BCUT2D eigenvalue weighted by Crippen LogP contribution is -2.11. The van der Waals surface area contributed by atoms with E-state index in [1.165, 1.54) is 36.4 Å². The molecular weight excluding hydrogens is 505 g/mol. The van der Waals surface area contributed by atoms with Crippen molar-refractivity contribution in [2.24, 2.45) is 11.8 Å². The second kappa shape index (κ2) is 9.09. The fourth-order valence-electron chi connectivity index (χ4n) is 2.76. The molecule has 0 bridgehead atoms. The zero-order chi connectivity index (χ0) is 21.3. The van der Waals surface area contributed by atoms with Gasteiger partial charge < -0.3 is 9.47 Å². The van der Waals surface area contributed by atoms with E-state index in [0.29, 0.717) is 20.1 Å². The van der Waals surface area contributed by atoms with Gasteiger partial charge in [0.1, 0.15) is 4.33 Å². The van der Waals surface area contributed by atoms with Crippen molar-refractivity contribution in [2.45, 2.75) is 4.33 Å². The second-order valence-corrected chi connectivity index (χ2v) is 9.59. The van der Waals surface area contributed by atoms with Crippen molar-refractivity contribution in [2.75, 3.05) is 13.2 Å². The van der Waals surface area contributed by atoms with E-state index in [-0.39, 0.29) is 24.3 Å². The van der Waals surface area contributed by atoms with Gasteiger partial charge in [0.15, 0.2) is 0 Å². The third-order valence-corrected chi connectivity index (χ3v) is 6.34. The van der Waals surface area contributed by atoms with Crippen LogP contribution in [-0.2, 0) is 9.47 Å². The summed E-state index contributed by atoms with van der Waals surface area (Å²) in [5.74, 6) is -2.04. The zero-order valence-corrected chi connectivity index (χ0v) is 19.0. The molecule has 1 aliphatic carbocycles. The van der Waals surface area contributed by atoms with Gasteiger partial charge in [-0.2, -0.15) is 0 Å². The highest BCUT2D eigenvalue weighted by Crippen LogP contribution is 2.59. The lowest BCUT2D eigenvalue weighted by atomic mass is 10.2. The average molecular weight is 517 g/mol. The molecule has 0 aliphatic heterocycles. The molecule has 0 unspecified atom stereocenters. The number of rotatable bonds is 6. The molecule has 1 saturated carbocycles. The lowest BCUT2D eigenvalue weighted by Gasteiger charge is -2.06. The summed E-state index contributed by atoms with van der Waals surface area (Å²) in [6, 6.07) is 8.75. The molecule has 0 radical (unpaired) electrons. The van der Waals surface area contributed by atoms with Crippen LogP contribution in [0.25, 0.3) is 0 Å². The van der Waals surface area contributed by atoms with Gasteiger partial charge in [-0.1, -0.05) is 46.4 Å². The normalized spacial score (nSPS) is 19.5. The van der Waals surface area contributed by atoms with Gasteiger partial charge in [0.2, 0.25) is 0 Å². The average Bonchev–Trinajstić information content (AvgIpc) is 3.14. The molecule has 0 heterocycles. The van der Waals surface area contributed by atoms with E-state index in [2.05, 4.69) is 0 Å². The van der Waals surface area contributed by atoms with Crippen molar-refractivity contribution < 1.29 is 19.1 Å². The van der Waals surface area contributed by atoms with Crippen LogP contribution in [0.15, 0.2) is 36.4 Å². The Morgan fingerprint density at radius 3 is 1.31 bits per heavy atom. The first-order chi connectivity index (χ1) is 13.6. The largest absolute Gasteiger partial charge is 0.462 e. The molecule has 29 heavy (non-hydrogen) atoms. The van der Waals surface area contributed by atoms with Crippen LogP contribution >= 0.6 is 69.6 Å². The fourth-order valence-corrected chi connectivity index (χ4v) is 4.54. The van der Waals surface area contributed by atoms with Gasteiger partial charge in [-0.3, -0.25) is 0 Å². The maximum Gasteiger partial charge on any atom is 0.338 e. The van der Waals surface area contributed by atoms with E-state index < -0.39 is 28.1 Å². The highest BCUT2D eigenvalue weighted by molar-refractivity contribution is 6.51. The predicted molar refractivity (Wildman–Crippen MR) is 115 cm³/mol. The fraction of sp³-hybridized carbons (Fsp3) is 0.263. The smallest absolute Gasteiger partial charge is 0.338 e. The number of hydrogen-bond donors (Lipinski definition) is 0. The summed E-state index contributed by atoms with van der Waals surface area (Å²) in [5, 5.41) is 1.24. The Kier molecular flexibility index (Phi) is 7.14. The van der Waals surface area contributed by atoms with Crippen LogP contribution in [-0.4, -0.2) is 29.5 Å². The maximum atomic E-state index is 12.2. The molecule has 2 atom stereocenters. The molecule has 0 spiro atoms. The third-order valence-electron chi connectivity index (χ3n) is 4.35. The Morgan fingerprint density at radius 2 is 1.00 bits per heavy atom. The van der Waals surface area contributed by atoms with Crippen LogP contribution in [0.3, 0.4) is 0 Å². The predicted octanol–water partition coefficient (Wildman–Crippen LogP) is 6.73. The minimum atomic E-state index is -1.18. The first-order valence-corrected chi connectivity index (χ1v) is 10.5. The maximum absolute atomic E-state index is 12.2. The van der Waals surface area contributed by atoms with Crippen molar-refractivity contribution in [3.05, 3.63) is 67.6 Å². The van der Waals surface area contributed by atoms with Gasteiger partial charge in [0.25, 0.3) is 0 Å². The van der Waals surface area contributed by atoms with Crippen LogP contribution in [0.5, 0.6) is 0 Å². The molecule has 4 nitrogen and oxygen atoms in total. The topological polar surface area (TPSA) is 52.6 Å². The Bertz CT molecular complexity index is 846. The van der Waals surface area contributed by atoms with Crippen LogP contribution < -0.4 is 0 Å². The van der Waals surface area contributed by atoms with Crippen molar-refractivity contribution in [1.29, 1.82) is 0 Å². The third kappa shape index (κ3) is 5.63. The number of carbonyl (C=O) groups excluding carboxylic acids is 2. The molecule has 0 amide bonds. The number of halogens is 6. The van der Waals surface area contributed by atoms with E-state index in [4.69, 9.17) is 79.1 Å². The summed E-state index contributed by atoms with van der Waals surface area (Å²) in [6.45, 7) is -0.109. The van der Waals surface area contributed by atoms with Gasteiger partial charge in [0, 0.05) is 31.9 Å². The first kappa shape index (κ1) is 22.8. The molecule has 0 N–H and O–H groups in total. The summed E-state index contributed by atoms with van der Waals surface area (Å²) >= 11 is 36.0. The Labute approximate surface area is 196 Å². The molecule has 154 valence electrons. The first-order valence-electron chi connectivity index (χ1n) is 8.22. The minimum Gasteiger partial charge on any atom is -0.462 e. The molecule has 2 aromatic rings. The summed E-state index contributed by atoms with van der Waals surface area (Å²) in [6.07, 6.45) is 0. The van der Waals surface area contributed by atoms with Crippen LogP contribution in [0.4, 0.5) is 0 Å². The van der Waals surface area contributed by atoms with E-state index in [9.17, 15) is 9.59 Å². The summed E-state index contributed by atoms with van der Waals surface area (Å²) < 4.78 is 9.32. The number of alkyl halides is 2.